The minimum absolute atomic E-state index is 0.0125. The molecule has 0 aromatic carbocycles. The van der Waals surface area contributed by atoms with Crippen molar-refractivity contribution in [3.63, 3.8) is 0 Å². The number of allylic oxidation sites excluding steroid dienone is 3. The molecule has 0 aromatic rings. The quantitative estimate of drug-likeness (QED) is 0.170. The fourth-order valence-corrected chi connectivity index (χ4v) is 10.7. The van der Waals surface area contributed by atoms with E-state index in [-0.39, 0.29) is 51.5 Å². The van der Waals surface area contributed by atoms with Crippen molar-refractivity contribution in [1.29, 1.82) is 0 Å². The first-order valence-electron chi connectivity index (χ1n) is 15.5. The number of carbonyl (C=O) groups excluding carboxylic acids is 2. The molecule has 8 atom stereocenters. The number of unbranched alkanes of at least 4 members (excludes halogenated alkanes) is 1. The molecule has 3 fully saturated rings. The van der Waals surface area contributed by atoms with Gasteiger partial charge in [-0.15, -0.1) is 0 Å². The smallest absolute Gasteiger partial charge is 0.312 e. The number of aliphatic hydroxyl groups is 1. The van der Waals surface area contributed by atoms with E-state index in [0.29, 0.717) is 12.5 Å². The summed E-state index contributed by atoms with van der Waals surface area (Å²) < 4.78 is 6.00. The van der Waals surface area contributed by atoms with Crippen molar-refractivity contribution in [2.75, 3.05) is 13.2 Å². The van der Waals surface area contributed by atoms with Crippen LogP contribution in [0.1, 0.15) is 113 Å². The molecule has 0 radical (unpaired) electrons. The maximum absolute atomic E-state index is 13.8. The first-order valence-corrected chi connectivity index (χ1v) is 15.5. The van der Waals surface area contributed by atoms with E-state index < -0.39 is 5.41 Å². The number of ether oxygens (including phenoxy) is 1. The average molecular weight is 525 g/mol. The second kappa shape index (κ2) is 9.05. The predicted octanol–water partition coefficient (Wildman–Crippen LogP) is 7.45. The molecule has 38 heavy (non-hydrogen) atoms. The molecule has 0 spiro atoms. The number of aldehydes is 1. The van der Waals surface area contributed by atoms with E-state index in [4.69, 9.17) is 4.74 Å². The zero-order chi connectivity index (χ0) is 27.8. The molecular weight excluding hydrogens is 472 g/mol. The van der Waals surface area contributed by atoms with Gasteiger partial charge in [-0.25, -0.2) is 0 Å². The van der Waals surface area contributed by atoms with Gasteiger partial charge >= 0.3 is 5.97 Å². The second-order valence-electron chi connectivity index (χ2n) is 15.5. The molecule has 4 nitrogen and oxygen atoms in total. The van der Waals surface area contributed by atoms with Gasteiger partial charge in [-0.2, -0.15) is 0 Å². The van der Waals surface area contributed by atoms with Crippen LogP contribution in [0.2, 0.25) is 0 Å². The molecule has 0 amide bonds. The third kappa shape index (κ3) is 3.57. The number of hydrogen-bond donors (Lipinski definition) is 1. The Morgan fingerprint density at radius 2 is 1.76 bits per heavy atom. The topological polar surface area (TPSA) is 63.6 Å². The van der Waals surface area contributed by atoms with Gasteiger partial charge in [0.05, 0.1) is 18.6 Å². The van der Waals surface area contributed by atoms with E-state index in [1.807, 2.05) is 0 Å². The molecule has 212 valence electrons. The minimum atomic E-state index is -0.393. The summed E-state index contributed by atoms with van der Waals surface area (Å²) >= 11 is 0. The maximum atomic E-state index is 13.8. The lowest BCUT2D eigenvalue weighted by atomic mass is 9.35. The lowest BCUT2D eigenvalue weighted by molar-refractivity contribution is -0.177. The number of carbonyl (C=O) groups is 2. The summed E-state index contributed by atoms with van der Waals surface area (Å²) in [5.74, 6) is 0.905. The Bertz CT molecular complexity index is 1050. The number of rotatable bonds is 6. The van der Waals surface area contributed by atoms with Crippen LogP contribution in [0.3, 0.4) is 0 Å². The van der Waals surface area contributed by atoms with Crippen LogP contribution in [-0.4, -0.2) is 30.6 Å². The third-order valence-electron chi connectivity index (χ3n) is 13.3. The minimum Gasteiger partial charge on any atom is -0.465 e. The highest BCUT2D eigenvalue weighted by atomic mass is 16.5. The van der Waals surface area contributed by atoms with E-state index in [1.165, 1.54) is 5.57 Å². The fourth-order valence-electron chi connectivity index (χ4n) is 10.7. The van der Waals surface area contributed by atoms with Gasteiger partial charge in [0.25, 0.3) is 0 Å². The summed E-state index contributed by atoms with van der Waals surface area (Å²) in [5, 5.41) is 10.4. The number of hydrogen-bond acceptors (Lipinski definition) is 4. The molecule has 0 bridgehead atoms. The molecule has 5 aliphatic rings. The number of esters is 1. The van der Waals surface area contributed by atoms with Crippen LogP contribution in [0.15, 0.2) is 23.3 Å². The average Bonchev–Trinajstić information content (AvgIpc) is 3.11. The van der Waals surface area contributed by atoms with Gasteiger partial charge in [-0.1, -0.05) is 72.6 Å². The summed E-state index contributed by atoms with van der Waals surface area (Å²) in [7, 11) is 0. The van der Waals surface area contributed by atoms with Gasteiger partial charge < -0.3 is 9.84 Å². The highest BCUT2D eigenvalue weighted by molar-refractivity contribution is 5.79. The van der Waals surface area contributed by atoms with Crippen molar-refractivity contribution in [3.8, 4) is 0 Å². The Balaban J connectivity index is 1.58. The van der Waals surface area contributed by atoms with Crippen LogP contribution in [0.25, 0.3) is 0 Å². The maximum Gasteiger partial charge on any atom is 0.312 e. The molecule has 0 heterocycles. The lowest BCUT2D eigenvalue weighted by Crippen LogP contribution is -2.62. The Labute approximate surface area is 231 Å². The number of fused-ring (bicyclic) bond motifs is 7. The Morgan fingerprint density at radius 1 is 1.05 bits per heavy atom. The monoisotopic (exact) mass is 524 g/mol. The highest BCUT2D eigenvalue weighted by Gasteiger charge is 2.70. The zero-order valence-electron chi connectivity index (χ0n) is 25.1. The van der Waals surface area contributed by atoms with Gasteiger partial charge in [-0.05, 0) is 97.4 Å². The predicted molar refractivity (Wildman–Crippen MR) is 151 cm³/mol. The zero-order valence-corrected chi connectivity index (χ0v) is 25.1. The van der Waals surface area contributed by atoms with Crippen molar-refractivity contribution in [1.82, 2.24) is 0 Å². The van der Waals surface area contributed by atoms with Crippen molar-refractivity contribution in [3.05, 3.63) is 23.3 Å². The lowest BCUT2D eigenvalue weighted by Gasteiger charge is -2.68. The van der Waals surface area contributed by atoms with Crippen LogP contribution < -0.4 is 0 Å². The van der Waals surface area contributed by atoms with Gasteiger partial charge in [0.15, 0.2) is 0 Å². The Hall–Kier alpha value is -1.42. The molecule has 0 aromatic heterocycles. The fraction of sp³-hybridized carbons (Fsp3) is 0.824. The SMILES string of the molecule is CCCCOC(=O)[C@]12CCC(C)(C)C[C@H]1C1=CC[C@@H]3[C@@]4(C)C(C=O)=C[C@@](C)(CO)[C@@H]4CC[C@@]3(C)[C@]1(C)CC2. The normalized spacial score (nSPS) is 47.0. The molecule has 0 saturated heterocycles. The van der Waals surface area contributed by atoms with Gasteiger partial charge in [0.1, 0.15) is 6.29 Å². The van der Waals surface area contributed by atoms with Gasteiger partial charge in [0.2, 0.25) is 0 Å². The van der Waals surface area contributed by atoms with Crippen LogP contribution in [-0.2, 0) is 14.3 Å². The largest absolute Gasteiger partial charge is 0.465 e. The molecule has 3 saturated carbocycles. The Morgan fingerprint density at radius 3 is 2.42 bits per heavy atom. The van der Waals surface area contributed by atoms with E-state index in [0.717, 1.165) is 76.1 Å². The number of aliphatic hydroxyl groups excluding tert-OH is 1. The van der Waals surface area contributed by atoms with Gasteiger partial charge in [0, 0.05) is 10.8 Å². The van der Waals surface area contributed by atoms with Crippen LogP contribution in [0.5, 0.6) is 0 Å². The molecule has 0 unspecified atom stereocenters. The molecule has 5 aliphatic carbocycles. The van der Waals surface area contributed by atoms with Crippen molar-refractivity contribution < 1.29 is 19.4 Å². The standard InChI is InChI=1S/C34H52O4/c1-8-9-18-38-28(37)34-16-14-29(2,3)20-25(34)24-10-11-27-32(6,31(24,5)15-17-34)13-12-26-30(4,22-36)19-23(21-35)33(26,27)7/h10,19,21,25-27,36H,8-9,11-18,20,22H2,1-7H3/t25-,26-,27-,30-,31+,32+,33-,34-/m0/s1. The van der Waals surface area contributed by atoms with Gasteiger partial charge in [-0.3, -0.25) is 9.59 Å². The first-order chi connectivity index (χ1) is 17.8. The van der Waals surface area contributed by atoms with E-state index >= 15 is 0 Å². The Kier molecular flexibility index (Phi) is 6.69. The van der Waals surface area contributed by atoms with Crippen LogP contribution in [0.4, 0.5) is 0 Å². The van der Waals surface area contributed by atoms with E-state index in [9.17, 15) is 14.7 Å². The van der Waals surface area contributed by atoms with E-state index in [1.54, 1.807) is 0 Å². The van der Waals surface area contributed by atoms with Crippen molar-refractivity contribution in [2.45, 2.75) is 113 Å². The van der Waals surface area contributed by atoms with Crippen molar-refractivity contribution >= 4 is 12.3 Å². The molecule has 0 aliphatic heterocycles. The highest BCUT2D eigenvalue weighted by Crippen LogP contribution is 2.76. The first kappa shape index (κ1) is 28.1. The summed E-state index contributed by atoms with van der Waals surface area (Å²) in [5.41, 5.74) is 1.68. The second-order valence-corrected chi connectivity index (χ2v) is 15.5. The summed E-state index contributed by atoms with van der Waals surface area (Å²) in [6, 6.07) is 0. The molecule has 5 rings (SSSR count). The summed E-state index contributed by atoms with van der Waals surface area (Å²) in [6.45, 7) is 17.0. The summed E-state index contributed by atoms with van der Waals surface area (Å²) in [4.78, 5) is 26.3. The van der Waals surface area contributed by atoms with Crippen LogP contribution in [0, 0.1) is 50.2 Å². The summed E-state index contributed by atoms with van der Waals surface area (Å²) in [6.07, 6.45) is 15.7. The van der Waals surface area contributed by atoms with E-state index in [2.05, 4.69) is 60.6 Å². The molecule has 1 N–H and O–H groups in total. The van der Waals surface area contributed by atoms with Crippen LogP contribution >= 0.6 is 0 Å². The molecular formula is C34H52O4. The van der Waals surface area contributed by atoms with Crippen molar-refractivity contribution in [2.24, 2.45) is 50.2 Å². The third-order valence-corrected chi connectivity index (χ3v) is 13.3. The molecule has 4 heteroatoms.